The highest BCUT2D eigenvalue weighted by Crippen LogP contribution is 2.33. The van der Waals surface area contributed by atoms with Crippen molar-refractivity contribution in [3.05, 3.63) is 89.7 Å². The molecule has 0 fully saturated rings. The fourth-order valence-electron chi connectivity index (χ4n) is 4.37. The second-order valence-electron chi connectivity index (χ2n) is 9.98. The van der Waals surface area contributed by atoms with Crippen LogP contribution in [0.4, 0.5) is 10.1 Å². The molecule has 0 unspecified atom stereocenters. The lowest BCUT2D eigenvalue weighted by Crippen LogP contribution is -2.54. The van der Waals surface area contributed by atoms with Gasteiger partial charge in [-0.1, -0.05) is 49.4 Å². The highest BCUT2D eigenvalue weighted by atomic mass is 32.2. The van der Waals surface area contributed by atoms with Gasteiger partial charge in [0.05, 0.1) is 26.2 Å². The van der Waals surface area contributed by atoms with Crippen molar-refractivity contribution < 1.29 is 31.9 Å². The average molecular weight is 600 g/mol. The number of anilines is 1. The summed E-state index contributed by atoms with van der Waals surface area (Å²) in [6.45, 7) is 3.14. The van der Waals surface area contributed by atoms with Gasteiger partial charge in [-0.25, -0.2) is 12.8 Å². The van der Waals surface area contributed by atoms with Crippen LogP contribution in [0.5, 0.6) is 11.5 Å². The quantitative estimate of drug-likeness (QED) is 0.298. The minimum atomic E-state index is -3.99. The molecule has 0 aliphatic carbocycles. The summed E-state index contributed by atoms with van der Waals surface area (Å²) in [5, 5.41) is 2.97. The van der Waals surface area contributed by atoms with E-state index in [1.807, 2.05) is 44.2 Å². The molecule has 0 aliphatic heterocycles. The van der Waals surface area contributed by atoms with Crippen LogP contribution in [0.25, 0.3) is 0 Å². The van der Waals surface area contributed by atoms with E-state index in [0.717, 1.165) is 16.1 Å². The highest BCUT2D eigenvalue weighted by molar-refractivity contribution is 7.92. The van der Waals surface area contributed by atoms with Crippen molar-refractivity contribution in [2.75, 3.05) is 31.3 Å². The molecule has 0 heterocycles. The van der Waals surface area contributed by atoms with Gasteiger partial charge in [-0.3, -0.25) is 13.9 Å². The summed E-state index contributed by atoms with van der Waals surface area (Å²) in [6.07, 6.45) is 1.85. The maximum Gasteiger partial charge on any atom is 0.244 e. The van der Waals surface area contributed by atoms with Gasteiger partial charge in [0.1, 0.15) is 29.9 Å². The van der Waals surface area contributed by atoms with Gasteiger partial charge in [-0.05, 0) is 48.7 Å². The second kappa shape index (κ2) is 14.7. The van der Waals surface area contributed by atoms with E-state index in [4.69, 9.17) is 9.47 Å². The number of hydrogen-bond donors (Lipinski definition) is 1. The second-order valence-corrected chi connectivity index (χ2v) is 11.9. The number of ether oxygens (including phenoxy) is 2. The smallest absolute Gasteiger partial charge is 0.244 e. The van der Waals surface area contributed by atoms with Crippen LogP contribution in [-0.2, 0) is 32.6 Å². The molecule has 0 aromatic heterocycles. The summed E-state index contributed by atoms with van der Waals surface area (Å²) in [5.74, 6) is -0.813. The summed E-state index contributed by atoms with van der Waals surface area (Å²) in [5.41, 5.74) is 1.53. The maximum atomic E-state index is 14.2. The number of carbonyl (C=O) groups is 2. The van der Waals surface area contributed by atoms with E-state index in [1.54, 1.807) is 6.07 Å². The Balaban J connectivity index is 2.09. The number of hydrogen-bond acceptors (Lipinski definition) is 6. The lowest BCUT2D eigenvalue weighted by atomic mass is 10.0. The third-order valence-corrected chi connectivity index (χ3v) is 8.00. The Labute approximate surface area is 247 Å². The van der Waals surface area contributed by atoms with Crippen LogP contribution < -0.4 is 19.1 Å². The van der Waals surface area contributed by atoms with Crippen LogP contribution in [0.3, 0.4) is 0 Å². The average Bonchev–Trinajstić information content (AvgIpc) is 2.98. The standard InChI is InChI=1S/C31H38FN3O6S/c1-6-22(2)33-31(37)28(18-23-10-8-7-9-11-23)34(20-24-12-14-25(32)15-13-24)30(36)21-35(42(5,38)39)27-17-16-26(40-3)19-29(27)41-4/h7-17,19,22,28H,6,18,20-21H2,1-5H3,(H,33,37)/t22-,28+/m0/s1. The molecule has 11 heteroatoms. The number of methoxy groups -OCH3 is 2. The molecular weight excluding hydrogens is 561 g/mol. The molecule has 0 radical (unpaired) electrons. The van der Waals surface area contributed by atoms with Crippen LogP contribution in [-0.4, -0.2) is 64.2 Å². The van der Waals surface area contributed by atoms with Crippen molar-refractivity contribution in [2.45, 2.75) is 45.3 Å². The number of carbonyl (C=O) groups excluding carboxylic acids is 2. The van der Waals surface area contributed by atoms with Crippen LogP contribution >= 0.6 is 0 Å². The first-order valence-corrected chi connectivity index (χ1v) is 15.4. The number of benzene rings is 3. The van der Waals surface area contributed by atoms with Crippen molar-refractivity contribution in [3.8, 4) is 11.5 Å². The normalized spacial score (nSPS) is 12.6. The largest absolute Gasteiger partial charge is 0.497 e. The Kier molecular flexibility index (Phi) is 11.3. The molecule has 3 aromatic rings. The number of halogens is 1. The van der Waals surface area contributed by atoms with E-state index in [2.05, 4.69) is 5.32 Å². The van der Waals surface area contributed by atoms with Crippen LogP contribution in [0.15, 0.2) is 72.8 Å². The third kappa shape index (κ3) is 8.69. The molecule has 0 saturated carbocycles. The monoisotopic (exact) mass is 599 g/mol. The number of nitrogens with zero attached hydrogens (tertiary/aromatic N) is 2. The van der Waals surface area contributed by atoms with Crippen molar-refractivity contribution in [3.63, 3.8) is 0 Å². The van der Waals surface area contributed by atoms with Crippen molar-refractivity contribution in [2.24, 2.45) is 0 Å². The summed E-state index contributed by atoms with van der Waals surface area (Å²) < 4.78 is 51.4. The number of amides is 2. The van der Waals surface area contributed by atoms with Gasteiger partial charge >= 0.3 is 0 Å². The summed E-state index contributed by atoms with van der Waals surface area (Å²) in [4.78, 5) is 29.2. The van der Waals surface area contributed by atoms with Crippen molar-refractivity contribution in [1.82, 2.24) is 10.2 Å². The molecule has 0 saturated heterocycles. The zero-order valence-corrected chi connectivity index (χ0v) is 25.4. The minimum Gasteiger partial charge on any atom is -0.497 e. The summed E-state index contributed by atoms with van der Waals surface area (Å²) >= 11 is 0. The van der Waals surface area contributed by atoms with Gasteiger partial charge in [0.25, 0.3) is 0 Å². The predicted octanol–water partition coefficient (Wildman–Crippen LogP) is 4.16. The molecule has 42 heavy (non-hydrogen) atoms. The molecule has 3 rings (SSSR count). The Morgan fingerprint density at radius 3 is 2.19 bits per heavy atom. The Bertz CT molecular complexity index is 1450. The van der Waals surface area contributed by atoms with Crippen LogP contribution in [0.1, 0.15) is 31.4 Å². The van der Waals surface area contributed by atoms with Gasteiger partial charge < -0.3 is 19.7 Å². The van der Waals surface area contributed by atoms with Crippen LogP contribution in [0, 0.1) is 5.82 Å². The minimum absolute atomic E-state index is 0.0537. The zero-order valence-electron chi connectivity index (χ0n) is 24.5. The molecule has 0 aliphatic rings. The molecule has 0 bridgehead atoms. The Hall–Kier alpha value is -4.12. The Morgan fingerprint density at radius 2 is 1.62 bits per heavy atom. The predicted molar refractivity (Wildman–Crippen MR) is 161 cm³/mol. The van der Waals surface area contributed by atoms with E-state index in [0.29, 0.717) is 17.7 Å². The molecule has 2 amide bonds. The van der Waals surface area contributed by atoms with E-state index in [-0.39, 0.29) is 36.4 Å². The molecule has 2 atom stereocenters. The molecule has 3 aromatic carbocycles. The zero-order chi connectivity index (χ0) is 30.9. The first kappa shape index (κ1) is 32.4. The first-order valence-electron chi connectivity index (χ1n) is 13.5. The summed E-state index contributed by atoms with van der Waals surface area (Å²) in [7, 11) is -1.14. The molecule has 0 spiro atoms. The van der Waals surface area contributed by atoms with E-state index in [9.17, 15) is 22.4 Å². The van der Waals surface area contributed by atoms with Crippen LogP contribution in [0.2, 0.25) is 0 Å². The van der Waals surface area contributed by atoms with Gasteiger partial charge in [-0.2, -0.15) is 0 Å². The maximum absolute atomic E-state index is 14.2. The lowest BCUT2D eigenvalue weighted by molar-refractivity contribution is -0.140. The highest BCUT2D eigenvalue weighted by Gasteiger charge is 2.34. The van der Waals surface area contributed by atoms with Crippen molar-refractivity contribution in [1.29, 1.82) is 0 Å². The van der Waals surface area contributed by atoms with E-state index < -0.39 is 34.3 Å². The number of rotatable bonds is 14. The fourth-order valence-corrected chi connectivity index (χ4v) is 5.22. The number of nitrogens with one attached hydrogen (secondary N) is 1. The Morgan fingerprint density at radius 1 is 0.952 bits per heavy atom. The van der Waals surface area contributed by atoms with Gasteiger partial charge in [0.15, 0.2) is 0 Å². The van der Waals surface area contributed by atoms with E-state index in [1.165, 1.54) is 55.5 Å². The van der Waals surface area contributed by atoms with Crippen molar-refractivity contribution >= 4 is 27.5 Å². The molecular formula is C31H38FN3O6S. The van der Waals surface area contributed by atoms with E-state index >= 15 is 0 Å². The first-order chi connectivity index (χ1) is 20.0. The van der Waals surface area contributed by atoms with Gasteiger partial charge in [-0.15, -0.1) is 0 Å². The number of sulfonamides is 1. The molecule has 9 nitrogen and oxygen atoms in total. The fraction of sp³-hybridized carbons (Fsp3) is 0.355. The lowest BCUT2D eigenvalue weighted by Gasteiger charge is -2.34. The van der Waals surface area contributed by atoms with Gasteiger partial charge in [0, 0.05) is 25.1 Å². The SMILES string of the molecule is CC[C@H](C)NC(=O)[C@@H](Cc1ccccc1)N(Cc1ccc(F)cc1)C(=O)CN(c1ccc(OC)cc1OC)S(C)(=O)=O. The third-order valence-electron chi connectivity index (χ3n) is 6.87. The molecule has 226 valence electrons. The van der Waals surface area contributed by atoms with Gasteiger partial charge in [0.2, 0.25) is 21.8 Å². The topological polar surface area (TPSA) is 105 Å². The summed E-state index contributed by atoms with van der Waals surface area (Å²) in [6, 6.07) is 18.3. The molecule has 1 N–H and O–H groups in total.